The summed E-state index contributed by atoms with van der Waals surface area (Å²) >= 11 is 0. The molecule has 0 unspecified atom stereocenters. The van der Waals surface area contributed by atoms with E-state index >= 15 is 0 Å². The topological polar surface area (TPSA) is 110 Å². The molecule has 0 amide bonds. The summed E-state index contributed by atoms with van der Waals surface area (Å²) in [6, 6.07) is 32.5. The molecule has 0 bridgehead atoms. The van der Waals surface area contributed by atoms with Gasteiger partial charge in [0.15, 0.2) is 0 Å². The van der Waals surface area contributed by atoms with Crippen LogP contribution in [0, 0.1) is 0 Å². The molecule has 0 fully saturated rings. The summed E-state index contributed by atoms with van der Waals surface area (Å²) in [5.41, 5.74) is 4.64. The van der Waals surface area contributed by atoms with E-state index in [4.69, 9.17) is 9.84 Å². The van der Waals surface area contributed by atoms with E-state index in [2.05, 4.69) is 24.9 Å². The second-order valence-electron chi connectivity index (χ2n) is 8.80. The van der Waals surface area contributed by atoms with Gasteiger partial charge in [-0.15, -0.1) is 0 Å². The molecule has 1 aliphatic rings. The van der Waals surface area contributed by atoms with E-state index in [1.165, 1.54) is 0 Å². The molecule has 1 aromatic carbocycles. The largest absolute Gasteiger partial charge is 1.00 e. The minimum absolute atomic E-state index is 0. The van der Waals surface area contributed by atoms with Gasteiger partial charge in [0, 0.05) is 24.8 Å². The Balaban J connectivity index is 0.000000217. The van der Waals surface area contributed by atoms with Crippen LogP contribution in [0.3, 0.4) is 0 Å². The Hall–Kier alpha value is -4.61. The molecule has 0 saturated heterocycles. The van der Waals surface area contributed by atoms with Crippen molar-refractivity contribution >= 4 is 19.7 Å². The smallest absolute Gasteiger partial charge is 0.474 e. The number of ether oxygens (including phenoxy) is 1. The van der Waals surface area contributed by atoms with Crippen LogP contribution in [0.15, 0.2) is 133 Å². The Labute approximate surface area is 272 Å². The van der Waals surface area contributed by atoms with Crippen molar-refractivity contribution in [2.24, 2.45) is 4.99 Å². The number of pyridine rings is 4. The Morgan fingerprint density at radius 3 is 1.20 bits per heavy atom. The predicted molar refractivity (Wildman–Crippen MR) is 159 cm³/mol. The van der Waals surface area contributed by atoms with Crippen LogP contribution < -0.4 is 0 Å². The summed E-state index contributed by atoms with van der Waals surface area (Å²) in [6.45, 7) is 0.311. The fraction of sp³-hybridized carbons (Fsp3) is 0.0667. The Bertz CT molecular complexity index is 1500. The molecule has 0 spiro atoms. The number of hydrogen-bond acceptors (Lipinski definition) is 7. The normalized spacial score (nSPS) is 14.7. The molecule has 1 N–H and O–H groups in total. The number of benzene rings is 1. The Morgan fingerprint density at radius 2 is 0.935 bits per heavy atom. The van der Waals surface area contributed by atoms with E-state index < -0.39 is 13.8 Å². The maximum Gasteiger partial charge on any atom is 1.00 e. The number of aliphatic imine (C=N–C) groups is 1. The maximum absolute atomic E-state index is 10.7. The molecule has 0 aliphatic carbocycles. The van der Waals surface area contributed by atoms with Gasteiger partial charge in [-0.3, -0.25) is 19.9 Å². The van der Waals surface area contributed by atoms with Gasteiger partial charge in [0.05, 0.1) is 22.8 Å². The molecule has 6 rings (SSSR count). The second kappa shape index (κ2) is 16.1. The van der Waals surface area contributed by atoms with Crippen LogP contribution >= 0.6 is 7.81 Å². The van der Waals surface area contributed by atoms with Gasteiger partial charge in [0.25, 0.3) is 5.90 Å². The van der Waals surface area contributed by atoms with E-state index in [9.17, 15) is 30.0 Å². The fourth-order valence-corrected chi connectivity index (χ4v) is 3.39. The second-order valence-corrected chi connectivity index (χ2v) is 10.7. The van der Waals surface area contributed by atoms with Crippen LogP contribution in [0.5, 0.6) is 0 Å². The maximum atomic E-state index is 10.5. The standard InChI is InChI=1S/2C10H8N2.C10H9NO3.F6P.Ru/c2*1-3-7-11-9(5-1)10-6-2-4-8-12-10;12-10(13)9-11-8(6-14-9)7-4-2-1-3-5-7;1-7(2,3,4,5)6;/h2*1-8H;1-5,8H,6H2,(H,12,13);;/q;;;-1;+1/t;;8-;;/m..1../s1. The monoisotopic (exact) mass is 750 g/mol. The first-order valence-electron chi connectivity index (χ1n) is 12.9. The third-order valence-electron chi connectivity index (χ3n) is 5.20. The van der Waals surface area contributed by atoms with Gasteiger partial charge < -0.3 is 9.84 Å². The number of hydrogen-bond donors (Lipinski definition) is 1. The third kappa shape index (κ3) is 15.9. The van der Waals surface area contributed by atoms with E-state index in [0.717, 1.165) is 28.3 Å². The van der Waals surface area contributed by atoms with Crippen molar-refractivity contribution < 1.29 is 59.3 Å². The molecule has 46 heavy (non-hydrogen) atoms. The number of carboxylic acids is 1. The average Bonchev–Trinajstić information content (AvgIpc) is 3.54. The van der Waals surface area contributed by atoms with Crippen LogP contribution in [0.1, 0.15) is 11.6 Å². The van der Waals surface area contributed by atoms with E-state index in [1.54, 1.807) is 24.8 Å². The molecule has 5 heterocycles. The number of nitrogens with zero attached hydrogens (tertiary/aromatic N) is 5. The molecule has 1 atom stereocenters. The van der Waals surface area contributed by atoms with Gasteiger partial charge in [-0.2, -0.15) is 0 Å². The first-order valence-corrected chi connectivity index (χ1v) is 14.9. The molecule has 243 valence electrons. The van der Waals surface area contributed by atoms with Gasteiger partial charge in [-0.25, -0.2) is 9.79 Å². The molecule has 8 nitrogen and oxygen atoms in total. The summed E-state index contributed by atoms with van der Waals surface area (Å²) in [5, 5.41) is 8.62. The summed E-state index contributed by atoms with van der Waals surface area (Å²) in [5.74, 6) is -1.30. The molecule has 1 aliphatic heterocycles. The summed E-state index contributed by atoms with van der Waals surface area (Å²) < 4.78 is 64.1. The Morgan fingerprint density at radius 1 is 0.609 bits per heavy atom. The SMILES string of the molecule is F[P-](F)(F)(F)(F)F.O=C(O)C1=N[C@@H](c2ccccc2)CO1.[Ru+].c1ccc(-c2ccccn2)nc1.c1ccc(-c2ccccn2)nc1. The van der Waals surface area contributed by atoms with Crippen molar-refractivity contribution in [1.82, 2.24) is 19.9 Å². The van der Waals surface area contributed by atoms with E-state index in [0.29, 0.717) is 6.61 Å². The van der Waals surface area contributed by atoms with Crippen LogP contribution in [0.25, 0.3) is 22.8 Å². The third-order valence-corrected chi connectivity index (χ3v) is 5.20. The number of halogens is 6. The zero-order valence-corrected chi connectivity index (χ0v) is 26.1. The minimum atomic E-state index is -10.7. The number of aliphatic carboxylic acids is 1. The van der Waals surface area contributed by atoms with Crippen LogP contribution in [0.4, 0.5) is 25.2 Å². The van der Waals surface area contributed by atoms with Crippen LogP contribution in [-0.4, -0.2) is 43.5 Å². The van der Waals surface area contributed by atoms with Gasteiger partial charge in [-0.1, -0.05) is 54.6 Å². The van der Waals surface area contributed by atoms with Crippen LogP contribution in [0.2, 0.25) is 0 Å². The molecule has 1 radical (unpaired) electrons. The summed E-state index contributed by atoms with van der Waals surface area (Å²) in [6.07, 6.45) is 7.07. The molecule has 0 saturated carbocycles. The summed E-state index contributed by atoms with van der Waals surface area (Å²) in [4.78, 5) is 31.2. The number of aromatic nitrogens is 4. The molecular weight excluding hydrogens is 724 g/mol. The first-order chi connectivity index (χ1) is 21.2. The van der Waals surface area contributed by atoms with Crippen molar-refractivity contribution in [3.05, 3.63) is 133 Å². The zero-order valence-electron chi connectivity index (χ0n) is 23.5. The minimum Gasteiger partial charge on any atom is -0.474 e. The van der Waals surface area contributed by atoms with E-state index in [-0.39, 0.29) is 31.4 Å². The van der Waals surface area contributed by atoms with Crippen molar-refractivity contribution in [3.8, 4) is 22.8 Å². The Kier molecular flexibility index (Phi) is 13.2. The van der Waals surface area contributed by atoms with Gasteiger partial charge in [0.1, 0.15) is 12.6 Å². The number of carboxylic acid groups (broad SMARTS) is 1. The van der Waals surface area contributed by atoms with Gasteiger partial charge >= 0.3 is 58.4 Å². The van der Waals surface area contributed by atoms with Crippen molar-refractivity contribution in [2.45, 2.75) is 6.04 Å². The van der Waals surface area contributed by atoms with Gasteiger partial charge in [-0.05, 0) is 54.1 Å². The number of carbonyl (C=O) groups is 1. The first kappa shape index (κ1) is 37.6. The van der Waals surface area contributed by atoms with Crippen LogP contribution in [-0.2, 0) is 29.0 Å². The molecule has 16 heteroatoms. The number of rotatable bonds is 4. The van der Waals surface area contributed by atoms with Crippen molar-refractivity contribution in [1.29, 1.82) is 0 Å². The molecular formula is C30H25F6N5O3PRu. The fourth-order valence-electron chi connectivity index (χ4n) is 3.39. The summed E-state index contributed by atoms with van der Waals surface area (Å²) in [7, 11) is -10.7. The quantitative estimate of drug-likeness (QED) is 0.111. The van der Waals surface area contributed by atoms with Crippen molar-refractivity contribution in [2.75, 3.05) is 6.61 Å². The van der Waals surface area contributed by atoms with E-state index in [1.807, 2.05) is 103 Å². The predicted octanol–water partition coefficient (Wildman–Crippen LogP) is 8.91. The molecule has 4 aromatic heterocycles. The molecule has 5 aromatic rings. The average molecular weight is 750 g/mol. The van der Waals surface area contributed by atoms with Gasteiger partial charge in [0.2, 0.25) is 0 Å². The zero-order chi connectivity index (χ0) is 32.8. The van der Waals surface area contributed by atoms with Crippen molar-refractivity contribution in [3.63, 3.8) is 0 Å².